The summed E-state index contributed by atoms with van der Waals surface area (Å²) in [5, 5.41) is 3.90. The van der Waals surface area contributed by atoms with E-state index in [4.69, 9.17) is 0 Å². The number of hydrogen-bond acceptors (Lipinski definition) is 2. The molecule has 0 spiro atoms. The van der Waals surface area contributed by atoms with Gasteiger partial charge in [-0.05, 0) is 18.9 Å². The zero-order chi connectivity index (χ0) is 8.97. The Labute approximate surface area is 71.7 Å². The quantitative estimate of drug-likeness (QED) is 0.637. The van der Waals surface area contributed by atoms with Crippen LogP contribution in [0.2, 0.25) is 0 Å². The van der Waals surface area contributed by atoms with Gasteiger partial charge in [0.1, 0.15) is 0 Å². The molecule has 0 aromatic carbocycles. The van der Waals surface area contributed by atoms with Crippen LogP contribution in [0.1, 0.15) is 23.8 Å². The van der Waals surface area contributed by atoms with Gasteiger partial charge in [-0.3, -0.25) is 4.79 Å². The number of nitrogens with zero attached hydrogens (tertiary/aromatic N) is 2. The number of rotatable bonds is 3. The second-order valence-electron chi connectivity index (χ2n) is 2.58. The van der Waals surface area contributed by atoms with Gasteiger partial charge in [-0.1, -0.05) is 6.08 Å². The van der Waals surface area contributed by atoms with Crippen LogP contribution in [0, 0.1) is 0 Å². The van der Waals surface area contributed by atoms with Crippen LogP contribution in [0.4, 0.5) is 0 Å². The van der Waals surface area contributed by atoms with E-state index in [0.717, 1.165) is 18.5 Å². The van der Waals surface area contributed by atoms with Gasteiger partial charge in [0.05, 0.1) is 0 Å². The van der Waals surface area contributed by atoms with Crippen molar-refractivity contribution in [1.82, 2.24) is 9.78 Å². The molecule has 0 radical (unpaired) electrons. The Morgan fingerprint density at radius 2 is 2.58 bits per heavy atom. The minimum Gasteiger partial charge on any atom is -0.273 e. The maximum Gasteiger partial charge on any atom is 0.243 e. The summed E-state index contributed by atoms with van der Waals surface area (Å²) in [6.07, 6.45) is 5.17. The third-order valence-electron chi connectivity index (χ3n) is 1.62. The van der Waals surface area contributed by atoms with Crippen molar-refractivity contribution in [1.29, 1.82) is 0 Å². The first-order valence-electron chi connectivity index (χ1n) is 3.90. The van der Waals surface area contributed by atoms with E-state index in [2.05, 4.69) is 11.7 Å². The summed E-state index contributed by atoms with van der Waals surface area (Å²) in [6, 6.07) is 1.85. The first kappa shape index (κ1) is 8.71. The van der Waals surface area contributed by atoms with E-state index in [1.165, 1.54) is 11.6 Å². The molecule has 0 bridgehead atoms. The summed E-state index contributed by atoms with van der Waals surface area (Å²) in [4.78, 5) is 11.0. The summed E-state index contributed by atoms with van der Waals surface area (Å²) >= 11 is 0. The molecule has 12 heavy (non-hydrogen) atoms. The average molecular weight is 164 g/mol. The highest BCUT2D eigenvalue weighted by Gasteiger charge is 2.03. The van der Waals surface area contributed by atoms with Crippen LogP contribution in [0.15, 0.2) is 24.9 Å². The first-order valence-corrected chi connectivity index (χ1v) is 3.90. The molecule has 0 saturated heterocycles. The highest BCUT2D eigenvalue weighted by molar-refractivity contribution is 5.75. The van der Waals surface area contributed by atoms with Crippen LogP contribution in [0.3, 0.4) is 0 Å². The Hall–Kier alpha value is -1.38. The lowest BCUT2D eigenvalue weighted by molar-refractivity contribution is 0.0917. The Bertz CT molecular complexity index is 288. The molecule has 0 saturated carbocycles. The van der Waals surface area contributed by atoms with E-state index in [1.807, 2.05) is 12.1 Å². The fourth-order valence-electron chi connectivity index (χ4n) is 1.05. The van der Waals surface area contributed by atoms with E-state index < -0.39 is 0 Å². The molecule has 64 valence electrons. The van der Waals surface area contributed by atoms with Crippen LogP contribution in [-0.4, -0.2) is 15.7 Å². The van der Waals surface area contributed by atoms with Crippen molar-refractivity contribution in [3.63, 3.8) is 0 Å². The lowest BCUT2D eigenvalue weighted by atomic mass is 10.2. The van der Waals surface area contributed by atoms with Gasteiger partial charge in [-0.25, -0.2) is 4.68 Å². The van der Waals surface area contributed by atoms with Crippen molar-refractivity contribution in [2.45, 2.75) is 19.8 Å². The second-order valence-corrected chi connectivity index (χ2v) is 2.58. The Morgan fingerprint density at radius 1 is 1.83 bits per heavy atom. The van der Waals surface area contributed by atoms with E-state index >= 15 is 0 Å². The second kappa shape index (κ2) is 3.85. The maximum absolute atomic E-state index is 11.0. The summed E-state index contributed by atoms with van der Waals surface area (Å²) in [6.45, 7) is 5.12. The third-order valence-corrected chi connectivity index (χ3v) is 1.62. The molecule has 0 aliphatic carbocycles. The van der Waals surface area contributed by atoms with Crippen molar-refractivity contribution < 1.29 is 4.79 Å². The molecule has 1 aromatic rings. The zero-order valence-corrected chi connectivity index (χ0v) is 7.16. The van der Waals surface area contributed by atoms with Crippen LogP contribution in [0.25, 0.3) is 0 Å². The molecule has 1 heterocycles. The predicted molar refractivity (Wildman–Crippen MR) is 47.0 cm³/mol. The van der Waals surface area contributed by atoms with Gasteiger partial charge < -0.3 is 0 Å². The highest BCUT2D eigenvalue weighted by atomic mass is 16.2. The molecule has 1 rings (SSSR count). The van der Waals surface area contributed by atoms with Crippen LogP contribution in [-0.2, 0) is 6.42 Å². The van der Waals surface area contributed by atoms with Gasteiger partial charge in [-0.15, -0.1) is 6.58 Å². The largest absolute Gasteiger partial charge is 0.273 e. The van der Waals surface area contributed by atoms with Gasteiger partial charge in [0, 0.05) is 18.8 Å². The van der Waals surface area contributed by atoms with Crippen molar-refractivity contribution in [3.8, 4) is 0 Å². The Kier molecular flexibility index (Phi) is 2.80. The number of allylic oxidation sites excluding steroid dienone is 1. The van der Waals surface area contributed by atoms with Crippen molar-refractivity contribution in [2.75, 3.05) is 0 Å². The minimum atomic E-state index is -0.0425. The van der Waals surface area contributed by atoms with E-state index in [9.17, 15) is 4.79 Å². The lowest BCUT2D eigenvalue weighted by Crippen LogP contribution is -2.11. The van der Waals surface area contributed by atoms with Crippen LogP contribution < -0.4 is 0 Å². The molecular formula is C9H12N2O. The first-order chi connectivity index (χ1) is 5.75. The molecule has 3 nitrogen and oxygen atoms in total. The standard InChI is InChI=1S/C9H12N2O/c1-3-4-5-9-6-7-10-11(9)8(2)12/h3,6-7H,1,4-5H2,2H3. The van der Waals surface area contributed by atoms with Gasteiger partial charge in [0.15, 0.2) is 0 Å². The van der Waals surface area contributed by atoms with E-state index in [1.54, 1.807) is 6.20 Å². The van der Waals surface area contributed by atoms with Gasteiger partial charge in [0.25, 0.3) is 0 Å². The molecule has 0 unspecified atom stereocenters. The molecule has 1 aromatic heterocycles. The van der Waals surface area contributed by atoms with Crippen molar-refractivity contribution in [2.24, 2.45) is 0 Å². The van der Waals surface area contributed by atoms with Crippen molar-refractivity contribution >= 4 is 5.91 Å². The Balaban J connectivity index is 2.76. The topological polar surface area (TPSA) is 34.9 Å². The van der Waals surface area contributed by atoms with E-state index in [-0.39, 0.29) is 5.91 Å². The monoisotopic (exact) mass is 164 g/mol. The lowest BCUT2D eigenvalue weighted by Gasteiger charge is -2.00. The Morgan fingerprint density at radius 3 is 3.17 bits per heavy atom. The molecule has 0 amide bonds. The van der Waals surface area contributed by atoms with Crippen LogP contribution >= 0.6 is 0 Å². The summed E-state index contributed by atoms with van der Waals surface area (Å²) in [7, 11) is 0. The molecule has 0 atom stereocenters. The number of carbonyl (C=O) groups is 1. The molecule has 0 aliphatic rings. The van der Waals surface area contributed by atoms with E-state index in [0.29, 0.717) is 0 Å². The molecular weight excluding hydrogens is 152 g/mol. The maximum atomic E-state index is 11.0. The third kappa shape index (κ3) is 1.81. The van der Waals surface area contributed by atoms with Gasteiger partial charge >= 0.3 is 0 Å². The minimum absolute atomic E-state index is 0.0425. The SMILES string of the molecule is C=CCCc1ccnn1C(C)=O. The summed E-state index contributed by atoms with van der Waals surface area (Å²) < 4.78 is 1.42. The number of hydrogen-bond donors (Lipinski definition) is 0. The molecule has 0 aliphatic heterocycles. The fraction of sp³-hybridized carbons (Fsp3) is 0.333. The summed E-state index contributed by atoms with van der Waals surface area (Å²) in [5.74, 6) is -0.0425. The molecule has 0 N–H and O–H groups in total. The summed E-state index contributed by atoms with van der Waals surface area (Å²) in [5.41, 5.74) is 0.947. The van der Waals surface area contributed by atoms with Gasteiger partial charge in [-0.2, -0.15) is 5.10 Å². The smallest absolute Gasteiger partial charge is 0.243 e. The highest BCUT2D eigenvalue weighted by Crippen LogP contribution is 2.02. The van der Waals surface area contributed by atoms with Crippen LogP contribution in [0.5, 0.6) is 0 Å². The molecule has 0 fully saturated rings. The fourth-order valence-corrected chi connectivity index (χ4v) is 1.05. The molecule has 3 heteroatoms. The average Bonchev–Trinajstić information content (AvgIpc) is 2.48. The predicted octanol–water partition coefficient (Wildman–Crippen LogP) is 1.66. The number of aromatic nitrogens is 2. The zero-order valence-electron chi connectivity index (χ0n) is 7.16. The van der Waals surface area contributed by atoms with Crippen molar-refractivity contribution in [3.05, 3.63) is 30.6 Å². The normalized spacial score (nSPS) is 9.75. The number of carbonyl (C=O) groups excluding carboxylic acids is 1. The van der Waals surface area contributed by atoms with Gasteiger partial charge in [0.2, 0.25) is 5.91 Å². The number of aryl methyl sites for hydroxylation is 1.